The Balaban J connectivity index is 3.26. The third-order valence-electron chi connectivity index (χ3n) is 2.89. The highest BCUT2D eigenvalue weighted by Gasteiger charge is 2.81. The Morgan fingerprint density at radius 3 is 1.71 bits per heavy atom. The predicted molar refractivity (Wildman–Crippen MR) is 75.3 cm³/mol. The van der Waals surface area contributed by atoms with Gasteiger partial charge in [0.25, 0.3) is 0 Å². The van der Waals surface area contributed by atoms with E-state index in [1.165, 1.54) is 12.1 Å². The van der Waals surface area contributed by atoms with Crippen LogP contribution in [0.25, 0.3) is 3.58 Å². The van der Waals surface area contributed by atoms with E-state index in [0.29, 0.717) is 5.56 Å². The number of halogens is 10. The van der Waals surface area contributed by atoms with Crippen LogP contribution >= 0.6 is 22.6 Å². The molecule has 0 saturated heterocycles. The molecule has 0 aromatic heterocycles. The van der Waals surface area contributed by atoms with Crippen molar-refractivity contribution in [2.45, 2.75) is 30.6 Å². The smallest absolute Gasteiger partial charge is 0.392 e. The lowest BCUT2D eigenvalue weighted by atomic mass is 10.0. The topological polar surface area (TPSA) is 20.2 Å². The molecule has 0 aliphatic carbocycles. The molecule has 0 aliphatic rings. The minimum absolute atomic E-state index is 0.126. The number of allylic oxidation sites excluding steroid dienone is 1. The van der Waals surface area contributed by atoms with Crippen molar-refractivity contribution in [1.29, 1.82) is 0 Å². The molecule has 1 nitrogen and oxygen atoms in total. The maximum absolute atomic E-state index is 13.5. The van der Waals surface area contributed by atoms with Gasteiger partial charge in [-0.05, 0) is 33.7 Å². The Morgan fingerprint density at radius 2 is 1.33 bits per heavy atom. The van der Waals surface area contributed by atoms with Crippen molar-refractivity contribution in [2.24, 2.45) is 0 Å². The van der Waals surface area contributed by atoms with Gasteiger partial charge in [0.2, 0.25) is 0 Å². The third-order valence-corrected chi connectivity index (χ3v) is 3.82. The molecule has 1 N–H and O–H groups in total. The number of benzene rings is 1. The summed E-state index contributed by atoms with van der Waals surface area (Å²) in [4.78, 5) is 0. The van der Waals surface area contributed by atoms with Crippen LogP contribution in [0.15, 0.2) is 30.3 Å². The summed E-state index contributed by atoms with van der Waals surface area (Å²) in [6.45, 7) is -0.396. The van der Waals surface area contributed by atoms with Crippen LogP contribution in [0.3, 0.4) is 0 Å². The molecular weight excluding hydrogens is 470 g/mol. The minimum atomic E-state index is -6.92. The van der Waals surface area contributed by atoms with Crippen molar-refractivity contribution in [1.82, 2.24) is 0 Å². The summed E-state index contributed by atoms with van der Waals surface area (Å²) in [5, 5.41) is 8.80. The second-order valence-corrected chi connectivity index (χ2v) is 5.78. The first-order valence-corrected chi connectivity index (χ1v) is 7.04. The van der Waals surface area contributed by atoms with Crippen LogP contribution in [0.1, 0.15) is 11.1 Å². The molecule has 0 aliphatic heterocycles. The highest BCUT2D eigenvalue weighted by Crippen LogP contribution is 2.54. The molecule has 0 radical (unpaired) electrons. The van der Waals surface area contributed by atoms with Gasteiger partial charge in [-0.3, -0.25) is 0 Å². The number of aliphatic hydroxyl groups is 1. The van der Waals surface area contributed by atoms with Crippen LogP contribution < -0.4 is 0 Å². The molecule has 0 fully saturated rings. The van der Waals surface area contributed by atoms with Gasteiger partial charge in [-0.1, -0.05) is 24.3 Å². The summed E-state index contributed by atoms with van der Waals surface area (Å²) in [6, 6.07) is 4.70. The fourth-order valence-electron chi connectivity index (χ4n) is 1.49. The first kappa shape index (κ1) is 21.1. The van der Waals surface area contributed by atoms with Crippen molar-refractivity contribution in [3.8, 4) is 0 Å². The van der Waals surface area contributed by atoms with E-state index in [-0.39, 0.29) is 5.56 Å². The van der Waals surface area contributed by atoms with Gasteiger partial charge in [-0.15, -0.1) is 0 Å². The maximum Gasteiger partial charge on any atom is 0.460 e. The van der Waals surface area contributed by atoms with Crippen molar-refractivity contribution >= 4 is 26.2 Å². The van der Waals surface area contributed by atoms with Gasteiger partial charge >= 0.3 is 23.9 Å². The second-order valence-electron chi connectivity index (χ2n) is 4.62. The van der Waals surface area contributed by atoms with Crippen molar-refractivity contribution in [2.75, 3.05) is 0 Å². The van der Waals surface area contributed by atoms with Crippen molar-refractivity contribution in [3.05, 3.63) is 41.5 Å². The summed E-state index contributed by atoms with van der Waals surface area (Å²) in [5.41, 5.74) is 0.224. The second kappa shape index (κ2) is 6.73. The molecular formula is C13H8F9IO. The maximum atomic E-state index is 13.5. The number of hydrogen-bond acceptors (Lipinski definition) is 1. The molecule has 136 valence electrons. The Morgan fingerprint density at radius 1 is 0.875 bits per heavy atom. The van der Waals surface area contributed by atoms with E-state index in [1.807, 2.05) is 0 Å². The monoisotopic (exact) mass is 478 g/mol. The number of alkyl halides is 9. The van der Waals surface area contributed by atoms with Gasteiger partial charge in [0.15, 0.2) is 0 Å². The molecule has 0 amide bonds. The quantitative estimate of drug-likeness (QED) is 0.443. The number of aliphatic hydroxyl groups excluding tert-OH is 1. The fourth-order valence-corrected chi connectivity index (χ4v) is 2.24. The standard InChI is InChI=1S/C13H8F9IO/c14-10(15,11(16,17)12(18,19)13(20,21)22)5-9(23)8-3-1-7(6-24)2-4-8/h1-5,24H,6H2/b9-5+. The molecule has 0 unspecified atom stereocenters. The Hall–Kier alpha value is -0.980. The van der Waals surface area contributed by atoms with Crippen LogP contribution in [0.5, 0.6) is 0 Å². The van der Waals surface area contributed by atoms with Crippen LogP contribution in [0, 0.1) is 0 Å². The van der Waals surface area contributed by atoms with Crippen LogP contribution in [-0.4, -0.2) is 29.1 Å². The van der Waals surface area contributed by atoms with E-state index in [0.717, 1.165) is 34.7 Å². The lowest BCUT2D eigenvalue weighted by Gasteiger charge is -2.32. The van der Waals surface area contributed by atoms with Gasteiger partial charge in [-0.2, -0.15) is 39.5 Å². The molecule has 0 atom stereocenters. The van der Waals surface area contributed by atoms with Crippen molar-refractivity contribution in [3.63, 3.8) is 0 Å². The highest BCUT2D eigenvalue weighted by molar-refractivity contribution is 14.1. The average Bonchev–Trinajstić information content (AvgIpc) is 2.45. The molecule has 1 rings (SSSR count). The van der Waals surface area contributed by atoms with E-state index in [9.17, 15) is 39.5 Å². The minimum Gasteiger partial charge on any atom is -0.392 e. The van der Waals surface area contributed by atoms with E-state index in [4.69, 9.17) is 5.11 Å². The molecule has 11 heteroatoms. The average molecular weight is 478 g/mol. The molecule has 1 aromatic rings. The predicted octanol–water partition coefficient (Wildman–Crippen LogP) is 5.42. The van der Waals surface area contributed by atoms with Gasteiger partial charge in [0.05, 0.1) is 6.61 Å². The van der Waals surface area contributed by atoms with Crippen LogP contribution in [0.4, 0.5) is 39.5 Å². The lowest BCUT2D eigenvalue weighted by molar-refractivity contribution is -0.388. The fraction of sp³-hybridized carbons (Fsp3) is 0.385. The Labute approximate surface area is 143 Å². The van der Waals surface area contributed by atoms with E-state index >= 15 is 0 Å². The molecule has 1 aromatic carbocycles. The Kier molecular flexibility index (Phi) is 5.91. The third kappa shape index (κ3) is 3.81. The van der Waals surface area contributed by atoms with Gasteiger partial charge < -0.3 is 5.11 Å². The van der Waals surface area contributed by atoms with Crippen LogP contribution in [0.2, 0.25) is 0 Å². The molecule has 0 bridgehead atoms. The first-order chi connectivity index (χ1) is 10.7. The molecule has 0 spiro atoms. The number of hydrogen-bond donors (Lipinski definition) is 1. The largest absolute Gasteiger partial charge is 0.460 e. The summed E-state index contributed by atoms with van der Waals surface area (Å²) in [5.74, 6) is -19.4. The van der Waals surface area contributed by atoms with Crippen LogP contribution in [-0.2, 0) is 6.61 Å². The zero-order valence-electron chi connectivity index (χ0n) is 11.3. The SMILES string of the molecule is OCc1ccc(/C(I)=C\C(F)(F)C(F)(F)C(F)(F)C(F)(F)F)cc1. The zero-order chi connectivity index (χ0) is 19.0. The highest BCUT2D eigenvalue weighted by atomic mass is 127. The van der Waals surface area contributed by atoms with E-state index in [1.54, 1.807) is 0 Å². The first-order valence-electron chi connectivity index (χ1n) is 5.96. The zero-order valence-corrected chi connectivity index (χ0v) is 13.5. The molecule has 0 saturated carbocycles. The van der Waals surface area contributed by atoms with Gasteiger partial charge in [0, 0.05) is 9.66 Å². The summed E-state index contributed by atoms with van der Waals surface area (Å²) < 4.78 is 114. The normalized spacial score (nSPS) is 14.9. The molecule has 24 heavy (non-hydrogen) atoms. The van der Waals surface area contributed by atoms with E-state index in [2.05, 4.69) is 0 Å². The lowest BCUT2D eigenvalue weighted by Crippen LogP contribution is -2.60. The van der Waals surface area contributed by atoms with E-state index < -0.39 is 40.2 Å². The molecule has 0 heterocycles. The van der Waals surface area contributed by atoms with Gasteiger partial charge in [-0.25, -0.2) is 0 Å². The van der Waals surface area contributed by atoms with Crippen molar-refractivity contribution < 1.29 is 44.6 Å². The summed E-state index contributed by atoms with van der Waals surface area (Å²) in [7, 11) is 0. The Bertz CT molecular complexity index is 605. The number of rotatable bonds is 5. The van der Waals surface area contributed by atoms with Gasteiger partial charge in [0.1, 0.15) is 0 Å². The summed E-state index contributed by atoms with van der Waals surface area (Å²) in [6.07, 6.45) is -7.50. The summed E-state index contributed by atoms with van der Waals surface area (Å²) >= 11 is 1.10.